The number of rotatable bonds is 19. The van der Waals surface area contributed by atoms with E-state index in [1.165, 1.54) is 5.56 Å². The zero-order valence-electron chi connectivity index (χ0n) is 41.7. The lowest BCUT2D eigenvalue weighted by molar-refractivity contribution is 0.673. The first kappa shape index (κ1) is 49.3. The molecule has 0 saturated heterocycles. The standard InChI is InChI=1S/C68H58N6S/c75-68(71-58-16-6-1-7-17-58)70-51-50-69-52-57-38-48-67(49-39-57)74(65-44-34-55(35-45-65)28-26-53-30-40-63(41-31-53)72(59-18-8-2-9-19-59)60-20-10-3-11-21-60)66-46-36-56(37-47-66)29-27-54-32-42-64(43-33-54)73(61-22-12-4-13-23-61)62-24-14-5-15-25-62/h1-49,69H,50-52H2,(H2,70,71,75)/b28-26+,29-27+. The summed E-state index contributed by atoms with van der Waals surface area (Å²) in [6.07, 6.45) is 8.71. The number of hydrogen-bond donors (Lipinski definition) is 3. The molecular weight excluding hydrogens is 933 g/mol. The van der Waals surface area contributed by atoms with E-state index in [-0.39, 0.29) is 0 Å². The van der Waals surface area contributed by atoms with Gasteiger partial charge in [0.15, 0.2) is 5.11 Å². The second-order valence-electron chi connectivity index (χ2n) is 18.0. The summed E-state index contributed by atoms with van der Waals surface area (Å²) in [5.74, 6) is 0. The van der Waals surface area contributed by atoms with Gasteiger partial charge in [-0.1, -0.05) is 176 Å². The van der Waals surface area contributed by atoms with Crippen LogP contribution >= 0.6 is 12.2 Å². The maximum Gasteiger partial charge on any atom is 0.170 e. The number of hydrogen-bond acceptors (Lipinski definition) is 5. The lowest BCUT2D eigenvalue weighted by atomic mass is 10.1. The van der Waals surface area contributed by atoms with E-state index in [0.29, 0.717) is 11.7 Å². The van der Waals surface area contributed by atoms with Gasteiger partial charge in [0.1, 0.15) is 0 Å². The Morgan fingerprint density at radius 1 is 0.307 bits per heavy atom. The fraction of sp³-hybridized carbons (Fsp3) is 0.0441. The van der Waals surface area contributed by atoms with Gasteiger partial charge in [-0.2, -0.15) is 0 Å². The fourth-order valence-electron chi connectivity index (χ4n) is 8.93. The summed E-state index contributed by atoms with van der Waals surface area (Å²) < 4.78 is 0. The van der Waals surface area contributed by atoms with Crippen molar-refractivity contribution in [2.75, 3.05) is 33.1 Å². The summed E-state index contributed by atoms with van der Waals surface area (Å²) in [6, 6.07) is 95.8. The van der Waals surface area contributed by atoms with Crippen LogP contribution in [0, 0.1) is 0 Å². The molecule has 0 aliphatic heterocycles. The van der Waals surface area contributed by atoms with Crippen molar-refractivity contribution < 1.29 is 0 Å². The summed E-state index contributed by atoms with van der Waals surface area (Å²) in [7, 11) is 0. The predicted molar refractivity (Wildman–Crippen MR) is 324 cm³/mol. The highest BCUT2D eigenvalue weighted by atomic mass is 32.1. The summed E-state index contributed by atoms with van der Waals surface area (Å²) >= 11 is 5.49. The molecule has 10 aromatic rings. The number of thiocarbonyl (C=S) groups is 1. The first-order chi connectivity index (χ1) is 37.1. The van der Waals surface area contributed by atoms with Crippen LogP contribution in [0.15, 0.2) is 273 Å². The van der Waals surface area contributed by atoms with E-state index in [9.17, 15) is 0 Å². The van der Waals surface area contributed by atoms with Gasteiger partial charge in [-0.3, -0.25) is 0 Å². The second kappa shape index (κ2) is 24.9. The third-order valence-corrected chi connectivity index (χ3v) is 13.0. The van der Waals surface area contributed by atoms with Gasteiger partial charge in [0.25, 0.3) is 0 Å². The van der Waals surface area contributed by atoms with Crippen LogP contribution in [-0.4, -0.2) is 18.2 Å². The van der Waals surface area contributed by atoms with Crippen molar-refractivity contribution in [3.05, 3.63) is 301 Å². The van der Waals surface area contributed by atoms with E-state index in [1.807, 2.05) is 30.3 Å². The van der Waals surface area contributed by atoms with Gasteiger partial charge < -0.3 is 30.7 Å². The highest BCUT2D eigenvalue weighted by Crippen LogP contribution is 2.38. The Bertz CT molecular complexity index is 3130. The van der Waals surface area contributed by atoms with Crippen molar-refractivity contribution in [2.24, 2.45) is 0 Å². The molecule has 0 bridgehead atoms. The monoisotopic (exact) mass is 990 g/mol. The number of nitrogens with one attached hydrogen (secondary N) is 3. The van der Waals surface area contributed by atoms with Crippen molar-refractivity contribution in [1.29, 1.82) is 0 Å². The topological polar surface area (TPSA) is 45.8 Å². The molecule has 0 fully saturated rings. The lowest BCUT2D eigenvalue weighted by Gasteiger charge is -2.26. The Labute approximate surface area is 447 Å². The molecule has 75 heavy (non-hydrogen) atoms. The minimum absolute atomic E-state index is 0.612. The van der Waals surface area contributed by atoms with Gasteiger partial charge in [-0.15, -0.1) is 0 Å². The molecular formula is C68H58N6S. The van der Waals surface area contributed by atoms with Gasteiger partial charge in [-0.25, -0.2) is 0 Å². The van der Waals surface area contributed by atoms with Gasteiger partial charge in [0.05, 0.1) is 0 Å². The highest BCUT2D eigenvalue weighted by Gasteiger charge is 2.15. The van der Waals surface area contributed by atoms with E-state index in [0.717, 1.165) is 92.2 Å². The highest BCUT2D eigenvalue weighted by molar-refractivity contribution is 7.80. The van der Waals surface area contributed by atoms with Crippen LogP contribution in [0.25, 0.3) is 24.3 Å². The minimum Gasteiger partial charge on any atom is -0.361 e. The lowest BCUT2D eigenvalue weighted by Crippen LogP contribution is -2.34. The molecule has 10 rings (SSSR count). The molecule has 0 aliphatic rings. The van der Waals surface area contributed by atoms with Gasteiger partial charge in [0.2, 0.25) is 0 Å². The van der Waals surface area contributed by atoms with E-state index in [1.54, 1.807) is 0 Å². The third-order valence-electron chi connectivity index (χ3n) is 12.7. The van der Waals surface area contributed by atoms with Crippen LogP contribution in [0.2, 0.25) is 0 Å². The molecule has 6 nitrogen and oxygen atoms in total. The Hall–Kier alpha value is -9.27. The SMILES string of the molecule is S=C(NCCNCc1ccc(N(c2ccc(/C=C/c3ccc(N(c4ccccc4)c4ccccc4)cc3)cc2)c2ccc(/C=C/c3ccc(N(c4ccccc4)c4ccccc4)cc3)cc2)cc1)Nc1ccccc1. The molecule has 366 valence electrons. The van der Waals surface area contributed by atoms with Gasteiger partial charge >= 0.3 is 0 Å². The van der Waals surface area contributed by atoms with E-state index >= 15 is 0 Å². The maximum atomic E-state index is 5.49. The summed E-state index contributed by atoms with van der Waals surface area (Å²) in [6.45, 7) is 2.22. The fourth-order valence-corrected chi connectivity index (χ4v) is 9.15. The molecule has 3 N–H and O–H groups in total. The number of nitrogens with zero attached hydrogens (tertiary/aromatic N) is 3. The van der Waals surface area contributed by atoms with Gasteiger partial charge in [0, 0.05) is 76.5 Å². The minimum atomic E-state index is 0.612. The quantitative estimate of drug-likeness (QED) is 0.0424. The molecule has 7 heteroatoms. The predicted octanol–water partition coefficient (Wildman–Crippen LogP) is 17.5. The number of benzene rings is 10. The van der Waals surface area contributed by atoms with Crippen LogP contribution in [0.1, 0.15) is 27.8 Å². The molecule has 0 radical (unpaired) electrons. The maximum absolute atomic E-state index is 5.49. The normalized spacial score (nSPS) is 11.1. The van der Waals surface area contributed by atoms with Gasteiger partial charge in [-0.05, 0) is 161 Å². The summed E-state index contributed by atoms with van der Waals surface area (Å²) in [4.78, 5) is 6.88. The molecule has 0 atom stereocenters. The molecule has 10 aromatic carbocycles. The summed E-state index contributed by atoms with van der Waals surface area (Å²) in [5.41, 5.74) is 16.6. The van der Waals surface area contributed by atoms with E-state index in [4.69, 9.17) is 12.2 Å². The van der Waals surface area contributed by atoms with E-state index in [2.05, 4.69) is 298 Å². The number of para-hydroxylation sites is 5. The molecule has 0 aliphatic carbocycles. The van der Waals surface area contributed by atoms with Crippen molar-refractivity contribution in [3.8, 4) is 0 Å². The second-order valence-corrected chi connectivity index (χ2v) is 18.4. The molecule has 0 amide bonds. The molecule has 0 heterocycles. The average molecular weight is 991 g/mol. The van der Waals surface area contributed by atoms with Crippen molar-refractivity contribution in [1.82, 2.24) is 10.6 Å². The Balaban J connectivity index is 0.838. The zero-order chi connectivity index (χ0) is 50.9. The van der Waals surface area contributed by atoms with Crippen molar-refractivity contribution in [3.63, 3.8) is 0 Å². The first-order valence-corrected chi connectivity index (χ1v) is 25.8. The summed E-state index contributed by atoms with van der Waals surface area (Å²) in [5, 5.41) is 10.7. The van der Waals surface area contributed by atoms with Crippen LogP contribution in [0.3, 0.4) is 0 Å². The zero-order valence-corrected chi connectivity index (χ0v) is 42.5. The van der Waals surface area contributed by atoms with Crippen molar-refractivity contribution >= 4 is 98.5 Å². The molecule has 0 spiro atoms. The largest absolute Gasteiger partial charge is 0.361 e. The van der Waals surface area contributed by atoms with Crippen LogP contribution in [0.5, 0.6) is 0 Å². The Morgan fingerprint density at radius 3 is 0.880 bits per heavy atom. The molecule has 0 saturated carbocycles. The van der Waals surface area contributed by atoms with Crippen LogP contribution < -0.4 is 30.7 Å². The first-order valence-electron chi connectivity index (χ1n) is 25.4. The van der Waals surface area contributed by atoms with Crippen LogP contribution in [-0.2, 0) is 6.54 Å². The van der Waals surface area contributed by atoms with E-state index < -0.39 is 0 Å². The molecule has 0 aromatic heterocycles. The number of anilines is 10. The average Bonchev–Trinajstić information content (AvgIpc) is 3.47. The molecule has 0 unspecified atom stereocenters. The Morgan fingerprint density at radius 2 is 0.573 bits per heavy atom. The van der Waals surface area contributed by atoms with Crippen molar-refractivity contribution in [2.45, 2.75) is 6.54 Å². The third kappa shape index (κ3) is 13.2. The Kier molecular flexibility index (Phi) is 16.4. The smallest absolute Gasteiger partial charge is 0.170 e. The van der Waals surface area contributed by atoms with Crippen LogP contribution in [0.4, 0.5) is 56.9 Å².